The van der Waals surface area contributed by atoms with Crippen molar-refractivity contribution in [2.24, 2.45) is 5.73 Å². The maximum Gasteiger partial charge on any atom is 0.327 e. The molecule has 0 amide bonds. The number of hydrogen-bond acceptors (Lipinski definition) is 3. The number of halogens is 2. The molecule has 1 atom stereocenters. The fraction of sp³-hybridized carbons (Fsp3) is 0.222. The molecule has 0 fully saturated rings. The van der Waals surface area contributed by atoms with Crippen molar-refractivity contribution in [3.63, 3.8) is 0 Å². The smallest absolute Gasteiger partial charge is 0.327 e. The molecule has 0 unspecified atom stereocenters. The largest absolute Gasteiger partial charge is 0.468 e. The number of esters is 1. The van der Waals surface area contributed by atoms with Crippen LogP contribution >= 0.6 is 27.5 Å². The molecule has 5 heteroatoms. The van der Waals surface area contributed by atoms with E-state index in [2.05, 4.69) is 20.7 Å². The number of carbonyl (C=O) groups is 1. The van der Waals surface area contributed by atoms with Crippen LogP contribution in [0.5, 0.6) is 0 Å². The van der Waals surface area contributed by atoms with E-state index in [0.717, 1.165) is 0 Å². The van der Waals surface area contributed by atoms with Gasteiger partial charge >= 0.3 is 5.97 Å². The Kier molecular flexibility index (Phi) is 3.92. The van der Waals surface area contributed by atoms with E-state index in [1.807, 2.05) is 0 Å². The first-order valence-electron chi connectivity index (χ1n) is 3.84. The Balaban J connectivity index is 3.01. The van der Waals surface area contributed by atoms with E-state index in [1.54, 1.807) is 18.2 Å². The quantitative estimate of drug-likeness (QED) is 0.844. The number of hydrogen-bond donors (Lipinski definition) is 1. The van der Waals surface area contributed by atoms with Gasteiger partial charge in [-0.15, -0.1) is 0 Å². The molecule has 0 bridgehead atoms. The maximum atomic E-state index is 11.1. The van der Waals surface area contributed by atoms with Gasteiger partial charge in [-0.25, -0.2) is 0 Å². The first kappa shape index (κ1) is 11.5. The van der Waals surface area contributed by atoms with Crippen LogP contribution in [0.15, 0.2) is 22.7 Å². The van der Waals surface area contributed by atoms with Crippen molar-refractivity contribution in [1.29, 1.82) is 0 Å². The average molecular weight is 279 g/mol. The molecule has 0 aromatic heterocycles. The van der Waals surface area contributed by atoms with Crippen molar-refractivity contribution >= 4 is 33.5 Å². The Morgan fingerprint density at radius 3 is 2.79 bits per heavy atom. The van der Waals surface area contributed by atoms with Gasteiger partial charge in [0.05, 0.1) is 7.11 Å². The van der Waals surface area contributed by atoms with Gasteiger partial charge in [0, 0.05) is 9.50 Å². The first-order valence-corrected chi connectivity index (χ1v) is 5.01. The summed E-state index contributed by atoms with van der Waals surface area (Å²) in [6, 6.07) is 4.25. The highest BCUT2D eigenvalue weighted by atomic mass is 79.9. The zero-order chi connectivity index (χ0) is 10.7. The van der Waals surface area contributed by atoms with Crippen LogP contribution in [0.3, 0.4) is 0 Å². The number of carbonyl (C=O) groups excluding carboxylic acids is 1. The van der Waals surface area contributed by atoms with E-state index in [1.165, 1.54) is 7.11 Å². The second-order valence-electron chi connectivity index (χ2n) is 2.67. The summed E-state index contributed by atoms with van der Waals surface area (Å²) >= 11 is 9.02. The number of methoxy groups -OCH3 is 1. The van der Waals surface area contributed by atoms with E-state index in [4.69, 9.17) is 17.3 Å². The van der Waals surface area contributed by atoms with Crippen LogP contribution in [-0.2, 0) is 9.53 Å². The van der Waals surface area contributed by atoms with Gasteiger partial charge in [0.25, 0.3) is 0 Å². The lowest BCUT2D eigenvalue weighted by Crippen LogP contribution is -2.22. The van der Waals surface area contributed by atoms with Crippen molar-refractivity contribution in [3.8, 4) is 0 Å². The molecule has 0 radical (unpaired) electrons. The molecule has 1 rings (SSSR count). The number of benzene rings is 1. The molecule has 0 aliphatic heterocycles. The predicted molar refractivity (Wildman–Crippen MR) is 58.1 cm³/mol. The van der Waals surface area contributed by atoms with Gasteiger partial charge in [-0.05, 0) is 17.7 Å². The summed E-state index contributed by atoms with van der Waals surface area (Å²) in [7, 11) is 1.30. The molecule has 1 aromatic carbocycles. The van der Waals surface area contributed by atoms with Gasteiger partial charge < -0.3 is 10.5 Å². The van der Waals surface area contributed by atoms with E-state index in [9.17, 15) is 4.79 Å². The fourth-order valence-corrected chi connectivity index (χ4v) is 1.94. The van der Waals surface area contributed by atoms with Crippen LogP contribution in [-0.4, -0.2) is 13.1 Å². The van der Waals surface area contributed by atoms with Crippen molar-refractivity contribution in [2.45, 2.75) is 6.04 Å². The molecule has 0 aliphatic rings. The summed E-state index contributed by atoms with van der Waals surface area (Å²) in [4.78, 5) is 11.1. The molecule has 1 aromatic rings. The summed E-state index contributed by atoms with van der Waals surface area (Å²) in [5.74, 6) is -0.479. The summed E-state index contributed by atoms with van der Waals surface area (Å²) < 4.78 is 5.23. The second kappa shape index (κ2) is 4.77. The Hall–Kier alpha value is -0.580. The van der Waals surface area contributed by atoms with Crippen LogP contribution in [0, 0.1) is 0 Å². The molecule has 0 saturated heterocycles. The minimum atomic E-state index is -0.786. The Morgan fingerprint density at radius 1 is 1.64 bits per heavy atom. The van der Waals surface area contributed by atoms with Crippen molar-refractivity contribution < 1.29 is 9.53 Å². The summed E-state index contributed by atoms with van der Waals surface area (Å²) in [5.41, 5.74) is 6.31. The average Bonchev–Trinajstić information content (AvgIpc) is 2.15. The van der Waals surface area contributed by atoms with Crippen LogP contribution in [0.1, 0.15) is 11.6 Å². The van der Waals surface area contributed by atoms with Gasteiger partial charge in [0.2, 0.25) is 0 Å². The third kappa shape index (κ3) is 2.47. The SMILES string of the molecule is COC(=O)[C@H](N)c1ccc(Cl)cc1Br. The van der Waals surface area contributed by atoms with Crippen LogP contribution < -0.4 is 5.73 Å². The van der Waals surface area contributed by atoms with E-state index in [0.29, 0.717) is 15.1 Å². The molecule has 3 nitrogen and oxygen atoms in total. The third-order valence-electron chi connectivity index (χ3n) is 1.75. The Morgan fingerprint density at radius 2 is 2.29 bits per heavy atom. The molecule has 0 aliphatic carbocycles. The number of nitrogens with two attached hydrogens (primary N) is 1. The topological polar surface area (TPSA) is 52.3 Å². The van der Waals surface area contributed by atoms with Crippen LogP contribution in [0.4, 0.5) is 0 Å². The monoisotopic (exact) mass is 277 g/mol. The lowest BCUT2D eigenvalue weighted by atomic mass is 10.1. The van der Waals surface area contributed by atoms with Crippen molar-refractivity contribution in [1.82, 2.24) is 0 Å². The Bertz CT molecular complexity index is 357. The highest BCUT2D eigenvalue weighted by molar-refractivity contribution is 9.10. The van der Waals surface area contributed by atoms with Gasteiger partial charge in [-0.1, -0.05) is 33.6 Å². The van der Waals surface area contributed by atoms with E-state index < -0.39 is 12.0 Å². The second-order valence-corrected chi connectivity index (χ2v) is 3.96. The third-order valence-corrected chi connectivity index (χ3v) is 2.67. The molecule has 14 heavy (non-hydrogen) atoms. The summed E-state index contributed by atoms with van der Waals surface area (Å²) in [5, 5.41) is 0.581. The summed E-state index contributed by atoms with van der Waals surface area (Å²) in [6.45, 7) is 0. The molecular weight excluding hydrogens is 269 g/mol. The molecule has 0 spiro atoms. The van der Waals surface area contributed by atoms with E-state index in [-0.39, 0.29) is 0 Å². The zero-order valence-electron chi connectivity index (χ0n) is 7.46. The molecular formula is C9H9BrClNO2. The lowest BCUT2D eigenvalue weighted by Gasteiger charge is -2.11. The standard InChI is InChI=1S/C9H9BrClNO2/c1-14-9(13)8(12)6-3-2-5(11)4-7(6)10/h2-4,8H,12H2,1H3/t8-/m1/s1. The summed E-state index contributed by atoms with van der Waals surface area (Å²) in [6.07, 6.45) is 0. The highest BCUT2D eigenvalue weighted by Crippen LogP contribution is 2.26. The highest BCUT2D eigenvalue weighted by Gasteiger charge is 2.18. The normalized spacial score (nSPS) is 12.3. The minimum Gasteiger partial charge on any atom is -0.468 e. The minimum absolute atomic E-state index is 0.479. The van der Waals surface area contributed by atoms with Crippen molar-refractivity contribution in [2.75, 3.05) is 7.11 Å². The number of ether oxygens (including phenoxy) is 1. The van der Waals surface area contributed by atoms with Gasteiger partial charge in [-0.2, -0.15) is 0 Å². The molecule has 2 N–H and O–H groups in total. The van der Waals surface area contributed by atoms with E-state index >= 15 is 0 Å². The van der Waals surface area contributed by atoms with Crippen LogP contribution in [0.25, 0.3) is 0 Å². The van der Waals surface area contributed by atoms with Gasteiger partial charge in [0.15, 0.2) is 0 Å². The molecule has 0 saturated carbocycles. The van der Waals surface area contributed by atoms with Gasteiger partial charge in [-0.3, -0.25) is 4.79 Å². The Labute approximate surface area is 95.3 Å². The molecule has 76 valence electrons. The maximum absolute atomic E-state index is 11.1. The van der Waals surface area contributed by atoms with Gasteiger partial charge in [0.1, 0.15) is 6.04 Å². The fourth-order valence-electron chi connectivity index (χ4n) is 1.01. The first-order chi connectivity index (χ1) is 6.56. The predicted octanol–water partition coefficient (Wildman–Crippen LogP) is 2.28. The van der Waals surface area contributed by atoms with Crippen molar-refractivity contribution in [3.05, 3.63) is 33.3 Å². The van der Waals surface area contributed by atoms with Crippen LogP contribution in [0.2, 0.25) is 5.02 Å². The zero-order valence-corrected chi connectivity index (χ0v) is 9.80. The molecule has 0 heterocycles. The lowest BCUT2D eigenvalue weighted by molar-refractivity contribution is -0.142. The number of rotatable bonds is 2.